The van der Waals surface area contributed by atoms with Gasteiger partial charge in [-0.3, -0.25) is 5.43 Å². The fourth-order valence-electron chi connectivity index (χ4n) is 2.07. The van der Waals surface area contributed by atoms with Gasteiger partial charge in [-0.25, -0.2) is 9.18 Å². The monoisotopic (exact) mass is 405 g/mol. The van der Waals surface area contributed by atoms with Gasteiger partial charge in [0.1, 0.15) is 5.82 Å². The minimum atomic E-state index is -0.617. The zero-order valence-corrected chi connectivity index (χ0v) is 16.2. The summed E-state index contributed by atoms with van der Waals surface area (Å²) in [6.07, 6.45) is 1.54. The second-order valence-corrected chi connectivity index (χ2v) is 5.83. The van der Waals surface area contributed by atoms with E-state index in [1.165, 1.54) is 31.4 Å². The Balaban J connectivity index is 1.99. The second kappa shape index (κ2) is 11.0. The van der Waals surface area contributed by atoms with Crippen molar-refractivity contribution in [3.63, 3.8) is 0 Å². The van der Waals surface area contributed by atoms with Crippen LogP contribution in [0.5, 0.6) is 11.5 Å². The van der Waals surface area contributed by atoms with Crippen molar-refractivity contribution in [2.75, 3.05) is 27.4 Å². The maximum absolute atomic E-state index is 13.0. The molecule has 0 atom stereocenters. The number of nitrogens with zero attached hydrogens (tertiary/aromatic N) is 1. The van der Waals surface area contributed by atoms with Crippen molar-refractivity contribution in [1.82, 2.24) is 10.7 Å². The minimum absolute atomic E-state index is 0.229. The molecule has 0 radical (unpaired) electrons. The average molecular weight is 405 g/mol. The van der Waals surface area contributed by atoms with E-state index in [0.717, 1.165) is 0 Å². The molecule has 0 aromatic heterocycles. The minimum Gasteiger partial charge on any atom is -0.493 e. The van der Waals surface area contributed by atoms with Gasteiger partial charge in [-0.05, 0) is 60.2 Å². The lowest BCUT2D eigenvalue weighted by Crippen LogP contribution is -2.34. The lowest BCUT2D eigenvalue weighted by atomic mass is 10.2. The summed E-state index contributed by atoms with van der Waals surface area (Å²) in [5, 5.41) is 7.31. The molecule has 2 N–H and O–H groups in total. The van der Waals surface area contributed by atoms with Crippen molar-refractivity contribution in [1.29, 1.82) is 0 Å². The summed E-state index contributed by atoms with van der Waals surface area (Å²) in [7, 11) is 3.06. The highest BCUT2D eigenvalue weighted by atomic mass is 32.1. The molecular formula is C19H20FN3O4S. The first-order chi connectivity index (χ1) is 13.5. The van der Waals surface area contributed by atoms with Gasteiger partial charge in [-0.15, -0.1) is 0 Å². The number of rotatable bonds is 8. The van der Waals surface area contributed by atoms with Gasteiger partial charge < -0.3 is 19.5 Å². The molecule has 0 bridgehead atoms. The molecule has 0 unspecified atom stereocenters. The maximum Gasteiger partial charge on any atom is 0.343 e. The molecule has 0 fully saturated rings. The van der Waals surface area contributed by atoms with Crippen LogP contribution in [-0.2, 0) is 4.74 Å². The van der Waals surface area contributed by atoms with E-state index in [2.05, 4.69) is 15.8 Å². The summed E-state index contributed by atoms with van der Waals surface area (Å²) < 4.78 is 28.5. The number of hydrazone groups is 1. The molecule has 0 saturated heterocycles. The van der Waals surface area contributed by atoms with Crippen LogP contribution in [0.25, 0.3) is 0 Å². The third-order valence-electron chi connectivity index (χ3n) is 3.44. The molecule has 0 heterocycles. The Labute approximate surface area is 167 Å². The summed E-state index contributed by atoms with van der Waals surface area (Å²) in [5.74, 6) is -0.465. The van der Waals surface area contributed by atoms with Crippen LogP contribution < -0.4 is 20.2 Å². The normalized spacial score (nSPS) is 10.5. The van der Waals surface area contributed by atoms with Gasteiger partial charge in [0, 0.05) is 13.7 Å². The van der Waals surface area contributed by atoms with Crippen LogP contribution in [0.4, 0.5) is 4.39 Å². The molecule has 148 valence electrons. The van der Waals surface area contributed by atoms with Crippen molar-refractivity contribution in [2.24, 2.45) is 5.10 Å². The Hall–Kier alpha value is -3.04. The fraction of sp³-hybridized carbons (Fsp3) is 0.211. The highest BCUT2D eigenvalue weighted by Gasteiger charge is 2.13. The predicted molar refractivity (Wildman–Crippen MR) is 108 cm³/mol. The quantitative estimate of drug-likeness (QED) is 0.174. The Morgan fingerprint density at radius 1 is 1.18 bits per heavy atom. The van der Waals surface area contributed by atoms with Crippen LogP contribution in [0.2, 0.25) is 0 Å². The summed E-state index contributed by atoms with van der Waals surface area (Å²) >= 11 is 5.06. The van der Waals surface area contributed by atoms with Crippen molar-refractivity contribution >= 4 is 29.5 Å². The van der Waals surface area contributed by atoms with Gasteiger partial charge in [0.25, 0.3) is 0 Å². The van der Waals surface area contributed by atoms with Crippen molar-refractivity contribution < 1.29 is 23.4 Å². The molecule has 2 aromatic rings. The molecule has 0 aliphatic carbocycles. The molecule has 0 amide bonds. The Morgan fingerprint density at radius 3 is 2.61 bits per heavy atom. The SMILES string of the molecule is COCCNC(=S)NN=Cc1ccc(OC(=O)c2ccc(F)cc2)c(OC)c1. The number of methoxy groups -OCH3 is 2. The number of carbonyl (C=O) groups is 1. The van der Waals surface area contributed by atoms with E-state index >= 15 is 0 Å². The Bertz CT molecular complexity index is 844. The number of halogens is 1. The molecule has 2 rings (SSSR count). The molecule has 0 saturated carbocycles. The number of nitrogens with one attached hydrogen (secondary N) is 2. The zero-order valence-electron chi connectivity index (χ0n) is 15.4. The van der Waals surface area contributed by atoms with E-state index in [4.69, 9.17) is 26.4 Å². The summed E-state index contributed by atoms with van der Waals surface area (Å²) in [6, 6.07) is 10.0. The largest absolute Gasteiger partial charge is 0.493 e. The van der Waals surface area contributed by atoms with Crippen molar-refractivity contribution in [2.45, 2.75) is 0 Å². The predicted octanol–water partition coefficient (Wildman–Crippen LogP) is 2.50. The molecule has 28 heavy (non-hydrogen) atoms. The molecule has 0 aliphatic rings. The standard InChI is InChI=1S/C19H20FN3O4S/c1-25-10-9-21-19(28)23-22-12-13-3-8-16(17(11-13)26-2)27-18(24)14-4-6-15(20)7-5-14/h3-8,11-12H,9-10H2,1-2H3,(H2,21,23,28). The fourth-order valence-corrected chi connectivity index (χ4v) is 2.22. The second-order valence-electron chi connectivity index (χ2n) is 5.43. The maximum atomic E-state index is 13.0. The topological polar surface area (TPSA) is 81.2 Å². The van der Waals surface area contributed by atoms with E-state index < -0.39 is 11.8 Å². The Morgan fingerprint density at radius 2 is 1.93 bits per heavy atom. The number of thiocarbonyl (C=S) groups is 1. The third kappa shape index (κ3) is 6.60. The lowest BCUT2D eigenvalue weighted by Gasteiger charge is -2.10. The Kier molecular flexibility index (Phi) is 8.32. The number of carbonyl (C=O) groups excluding carboxylic acids is 1. The van der Waals surface area contributed by atoms with E-state index in [0.29, 0.717) is 29.6 Å². The van der Waals surface area contributed by atoms with Crippen LogP contribution in [-0.4, -0.2) is 44.7 Å². The number of benzene rings is 2. The van der Waals surface area contributed by atoms with Crippen LogP contribution in [0.1, 0.15) is 15.9 Å². The molecular weight excluding hydrogens is 385 g/mol. The van der Waals surface area contributed by atoms with Gasteiger partial charge in [-0.2, -0.15) is 5.10 Å². The van der Waals surface area contributed by atoms with E-state index in [-0.39, 0.29) is 11.3 Å². The van der Waals surface area contributed by atoms with Gasteiger partial charge in [0.2, 0.25) is 0 Å². The first kappa shape index (κ1) is 21.3. The number of ether oxygens (including phenoxy) is 3. The van der Waals surface area contributed by atoms with E-state index in [9.17, 15) is 9.18 Å². The number of hydrogen-bond acceptors (Lipinski definition) is 6. The summed E-state index contributed by atoms with van der Waals surface area (Å²) in [4.78, 5) is 12.2. The van der Waals surface area contributed by atoms with E-state index in [1.54, 1.807) is 31.5 Å². The third-order valence-corrected chi connectivity index (χ3v) is 3.68. The number of esters is 1. The first-order valence-electron chi connectivity index (χ1n) is 8.25. The highest BCUT2D eigenvalue weighted by Crippen LogP contribution is 2.28. The van der Waals surface area contributed by atoms with Crippen LogP contribution in [0.15, 0.2) is 47.6 Å². The molecule has 9 heteroatoms. The van der Waals surface area contributed by atoms with Crippen molar-refractivity contribution in [3.8, 4) is 11.5 Å². The summed E-state index contributed by atoms with van der Waals surface area (Å²) in [5.41, 5.74) is 3.61. The van der Waals surface area contributed by atoms with Gasteiger partial charge in [0.15, 0.2) is 16.6 Å². The highest BCUT2D eigenvalue weighted by molar-refractivity contribution is 7.80. The lowest BCUT2D eigenvalue weighted by molar-refractivity contribution is 0.0729. The van der Waals surface area contributed by atoms with Gasteiger partial charge >= 0.3 is 5.97 Å². The van der Waals surface area contributed by atoms with Gasteiger partial charge in [0.05, 0.1) is 25.5 Å². The molecule has 2 aromatic carbocycles. The molecule has 0 aliphatic heterocycles. The van der Waals surface area contributed by atoms with E-state index in [1.807, 2.05) is 0 Å². The average Bonchev–Trinajstić information content (AvgIpc) is 2.69. The molecule has 0 spiro atoms. The first-order valence-corrected chi connectivity index (χ1v) is 8.66. The van der Waals surface area contributed by atoms with Crippen LogP contribution in [0, 0.1) is 5.82 Å². The smallest absolute Gasteiger partial charge is 0.343 e. The zero-order chi connectivity index (χ0) is 20.4. The van der Waals surface area contributed by atoms with Crippen LogP contribution in [0.3, 0.4) is 0 Å². The molecule has 7 nitrogen and oxygen atoms in total. The van der Waals surface area contributed by atoms with Gasteiger partial charge in [-0.1, -0.05) is 0 Å². The van der Waals surface area contributed by atoms with Crippen LogP contribution >= 0.6 is 12.2 Å². The summed E-state index contributed by atoms with van der Waals surface area (Å²) in [6.45, 7) is 1.10. The number of hydrogen-bond donors (Lipinski definition) is 2. The van der Waals surface area contributed by atoms with Crippen molar-refractivity contribution in [3.05, 3.63) is 59.4 Å².